The third-order valence-corrected chi connectivity index (χ3v) is 6.65. The maximum Gasteiger partial charge on any atom is 0.343 e. The fourth-order valence-electron chi connectivity index (χ4n) is 4.69. The van der Waals surface area contributed by atoms with E-state index in [1.54, 1.807) is 10.8 Å². The van der Waals surface area contributed by atoms with Crippen LogP contribution in [0, 0.1) is 11.8 Å². The van der Waals surface area contributed by atoms with Crippen molar-refractivity contribution in [3.8, 4) is 22.5 Å². The van der Waals surface area contributed by atoms with Gasteiger partial charge in [0.1, 0.15) is 5.58 Å². The predicted octanol–water partition coefficient (Wildman–Crippen LogP) is 3.91. The zero-order valence-corrected chi connectivity index (χ0v) is 17.7. The SMILES string of the molecule is O=C(C1CC1)N1CCC(Cn2c(-c3ccc(-c4ccc5occc5c4)cc3)n[nH]c2=O)C1. The number of rotatable bonds is 5. The van der Waals surface area contributed by atoms with Crippen molar-refractivity contribution in [1.82, 2.24) is 19.7 Å². The lowest BCUT2D eigenvalue weighted by Gasteiger charge is -2.16. The molecule has 162 valence electrons. The first kappa shape index (κ1) is 19.1. The fraction of sp³-hybridized carbons (Fsp3) is 0.320. The molecule has 1 aliphatic heterocycles. The van der Waals surface area contributed by atoms with Gasteiger partial charge in [-0.05, 0) is 54.5 Å². The minimum absolute atomic E-state index is 0.207. The molecular formula is C25H24N4O3. The number of H-pyrrole nitrogens is 1. The highest BCUT2D eigenvalue weighted by Gasteiger charge is 2.36. The van der Waals surface area contributed by atoms with E-state index in [0.717, 1.165) is 60.0 Å². The van der Waals surface area contributed by atoms with E-state index in [2.05, 4.69) is 16.3 Å². The van der Waals surface area contributed by atoms with Crippen LogP contribution in [0.25, 0.3) is 33.5 Å². The number of benzene rings is 2. The average Bonchev–Trinajstić information content (AvgIpc) is 3.21. The lowest BCUT2D eigenvalue weighted by molar-refractivity contribution is -0.131. The van der Waals surface area contributed by atoms with Gasteiger partial charge in [-0.25, -0.2) is 9.89 Å². The van der Waals surface area contributed by atoms with Gasteiger partial charge < -0.3 is 9.32 Å². The number of furan rings is 1. The topological polar surface area (TPSA) is 84.1 Å². The normalized spacial score (nSPS) is 18.5. The highest BCUT2D eigenvalue weighted by molar-refractivity contribution is 5.84. The molecule has 1 saturated heterocycles. The fourth-order valence-corrected chi connectivity index (χ4v) is 4.69. The van der Waals surface area contributed by atoms with Gasteiger partial charge in [0.2, 0.25) is 5.91 Å². The summed E-state index contributed by atoms with van der Waals surface area (Å²) in [5, 5.41) is 7.96. The summed E-state index contributed by atoms with van der Waals surface area (Å²) in [4.78, 5) is 26.8. The number of carbonyl (C=O) groups is 1. The third-order valence-electron chi connectivity index (χ3n) is 6.65. The van der Waals surface area contributed by atoms with Crippen LogP contribution in [-0.4, -0.2) is 38.7 Å². The quantitative estimate of drug-likeness (QED) is 0.522. The van der Waals surface area contributed by atoms with E-state index in [0.29, 0.717) is 12.4 Å². The molecule has 0 radical (unpaired) electrons. The molecule has 7 nitrogen and oxygen atoms in total. The number of aromatic amines is 1. The number of amides is 1. The summed E-state index contributed by atoms with van der Waals surface area (Å²) in [7, 11) is 0. The van der Waals surface area contributed by atoms with Gasteiger partial charge in [0.25, 0.3) is 0 Å². The molecule has 1 N–H and O–H groups in total. The predicted molar refractivity (Wildman–Crippen MR) is 121 cm³/mol. The molecule has 7 heteroatoms. The van der Waals surface area contributed by atoms with Crippen molar-refractivity contribution in [3.63, 3.8) is 0 Å². The summed E-state index contributed by atoms with van der Waals surface area (Å²) in [5.74, 6) is 1.44. The number of hydrogen-bond acceptors (Lipinski definition) is 4. The van der Waals surface area contributed by atoms with Crippen LogP contribution < -0.4 is 5.69 Å². The van der Waals surface area contributed by atoms with Gasteiger partial charge in [0.05, 0.1) is 6.26 Å². The molecule has 4 aromatic rings. The molecule has 1 unspecified atom stereocenters. The number of fused-ring (bicyclic) bond motifs is 1. The van der Waals surface area contributed by atoms with E-state index >= 15 is 0 Å². The second kappa shape index (κ2) is 7.51. The van der Waals surface area contributed by atoms with Crippen LogP contribution in [0.2, 0.25) is 0 Å². The Labute approximate surface area is 184 Å². The molecule has 6 rings (SSSR count). The van der Waals surface area contributed by atoms with Gasteiger partial charge >= 0.3 is 5.69 Å². The molecule has 1 saturated carbocycles. The van der Waals surface area contributed by atoms with Crippen LogP contribution in [0.5, 0.6) is 0 Å². The van der Waals surface area contributed by atoms with E-state index < -0.39 is 0 Å². The number of nitrogens with zero attached hydrogens (tertiary/aromatic N) is 3. The lowest BCUT2D eigenvalue weighted by Crippen LogP contribution is -2.31. The van der Waals surface area contributed by atoms with Crippen molar-refractivity contribution in [2.75, 3.05) is 13.1 Å². The zero-order valence-electron chi connectivity index (χ0n) is 17.7. The first-order valence-electron chi connectivity index (χ1n) is 11.2. The summed E-state index contributed by atoms with van der Waals surface area (Å²) in [6.45, 7) is 2.08. The highest BCUT2D eigenvalue weighted by atomic mass is 16.3. The summed E-state index contributed by atoms with van der Waals surface area (Å²) in [6, 6.07) is 16.2. The Hall–Kier alpha value is -3.61. The lowest BCUT2D eigenvalue weighted by atomic mass is 10.0. The monoisotopic (exact) mass is 428 g/mol. The Morgan fingerprint density at radius 3 is 2.62 bits per heavy atom. The highest BCUT2D eigenvalue weighted by Crippen LogP contribution is 2.33. The van der Waals surface area contributed by atoms with Crippen LogP contribution in [0.4, 0.5) is 0 Å². The Bertz CT molecular complexity index is 1340. The van der Waals surface area contributed by atoms with E-state index in [9.17, 15) is 9.59 Å². The molecule has 2 aliphatic rings. The van der Waals surface area contributed by atoms with Crippen LogP contribution >= 0.6 is 0 Å². The van der Waals surface area contributed by atoms with Gasteiger partial charge in [0, 0.05) is 36.5 Å². The minimum Gasteiger partial charge on any atom is -0.464 e. The second-order valence-corrected chi connectivity index (χ2v) is 8.93. The number of carbonyl (C=O) groups excluding carboxylic acids is 1. The molecule has 0 bridgehead atoms. The Morgan fingerprint density at radius 1 is 1.03 bits per heavy atom. The standard InChI is InChI=1S/C25H24N4O3/c30-24(19-5-6-19)28-11-9-16(14-28)15-29-23(26-27-25(29)31)18-3-1-17(2-4-18)20-7-8-22-21(13-20)10-12-32-22/h1-4,7-8,10,12-13,16,19H,5-6,9,11,14-15H2,(H,27,31). The largest absolute Gasteiger partial charge is 0.464 e. The van der Waals surface area contributed by atoms with Crippen molar-refractivity contribution in [1.29, 1.82) is 0 Å². The molecule has 2 fully saturated rings. The molecule has 1 atom stereocenters. The molecule has 1 aliphatic carbocycles. The summed E-state index contributed by atoms with van der Waals surface area (Å²) in [5.41, 5.74) is 3.75. The maximum absolute atomic E-state index is 12.5. The summed E-state index contributed by atoms with van der Waals surface area (Å²) in [6.07, 6.45) is 4.67. The number of hydrogen-bond donors (Lipinski definition) is 1. The van der Waals surface area contributed by atoms with E-state index in [1.165, 1.54) is 0 Å². The van der Waals surface area contributed by atoms with Gasteiger partial charge in [0.15, 0.2) is 5.82 Å². The van der Waals surface area contributed by atoms with Gasteiger partial charge in [-0.2, -0.15) is 5.10 Å². The molecule has 0 spiro atoms. The van der Waals surface area contributed by atoms with Gasteiger partial charge in [-0.15, -0.1) is 0 Å². The Balaban J connectivity index is 1.22. The van der Waals surface area contributed by atoms with Crippen LogP contribution in [0.15, 0.2) is 64.0 Å². The number of aromatic nitrogens is 3. The van der Waals surface area contributed by atoms with Gasteiger partial charge in [-0.3, -0.25) is 9.36 Å². The summed E-state index contributed by atoms with van der Waals surface area (Å²) >= 11 is 0. The first-order valence-corrected chi connectivity index (χ1v) is 11.2. The maximum atomic E-state index is 12.5. The Kier molecular flexibility index (Phi) is 4.48. The Morgan fingerprint density at radius 2 is 1.81 bits per heavy atom. The molecule has 1 amide bonds. The van der Waals surface area contributed by atoms with Crippen molar-refractivity contribution in [3.05, 3.63) is 65.3 Å². The van der Waals surface area contributed by atoms with Crippen LogP contribution in [0.1, 0.15) is 19.3 Å². The van der Waals surface area contributed by atoms with E-state index in [-0.39, 0.29) is 23.4 Å². The molecular weight excluding hydrogens is 404 g/mol. The third kappa shape index (κ3) is 3.43. The van der Waals surface area contributed by atoms with E-state index in [1.807, 2.05) is 47.4 Å². The molecule has 3 heterocycles. The smallest absolute Gasteiger partial charge is 0.343 e. The molecule has 2 aromatic carbocycles. The second-order valence-electron chi connectivity index (χ2n) is 8.93. The van der Waals surface area contributed by atoms with E-state index in [4.69, 9.17) is 4.42 Å². The van der Waals surface area contributed by atoms with Crippen molar-refractivity contribution in [2.24, 2.45) is 11.8 Å². The number of nitrogens with one attached hydrogen (secondary N) is 1. The first-order chi connectivity index (χ1) is 15.7. The van der Waals surface area contributed by atoms with Crippen LogP contribution in [-0.2, 0) is 11.3 Å². The molecule has 2 aromatic heterocycles. The average molecular weight is 428 g/mol. The molecule has 32 heavy (non-hydrogen) atoms. The zero-order chi connectivity index (χ0) is 21.7. The number of likely N-dealkylation sites (tertiary alicyclic amines) is 1. The van der Waals surface area contributed by atoms with Crippen molar-refractivity contribution >= 4 is 16.9 Å². The van der Waals surface area contributed by atoms with Crippen molar-refractivity contribution < 1.29 is 9.21 Å². The van der Waals surface area contributed by atoms with Crippen molar-refractivity contribution in [2.45, 2.75) is 25.8 Å². The minimum atomic E-state index is -0.207. The van der Waals surface area contributed by atoms with Crippen LogP contribution in [0.3, 0.4) is 0 Å². The summed E-state index contributed by atoms with van der Waals surface area (Å²) < 4.78 is 7.13. The van der Waals surface area contributed by atoms with Gasteiger partial charge in [-0.1, -0.05) is 30.3 Å².